The lowest BCUT2D eigenvalue weighted by molar-refractivity contribution is -0.157. The lowest BCUT2D eigenvalue weighted by Crippen LogP contribution is -2.43. The summed E-state index contributed by atoms with van der Waals surface area (Å²) in [6.45, 7) is 5.04. The van der Waals surface area contributed by atoms with Gasteiger partial charge >= 0.3 is 12.0 Å². The first-order valence-electron chi connectivity index (χ1n) is 11.0. The zero-order chi connectivity index (χ0) is 22.9. The first-order chi connectivity index (χ1) is 15.4. The third-order valence-electron chi connectivity index (χ3n) is 5.62. The molecule has 2 aromatic rings. The van der Waals surface area contributed by atoms with E-state index in [2.05, 4.69) is 5.32 Å². The third-order valence-corrected chi connectivity index (χ3v) is 5.62. The van der Waals surface area contributed by atoms with Crippen LogP contribution in [0.3, 0.4) is 0 Å². The number of carbonyl (C=O) groups is 3. The van der Waals surface area contributed by atoms with Crippen molar-refractivity contribution in [3.8, 4) is 0 Å². The molecule has 1 aliphatic rings. The van der Waals surface area contributed by atoms with Gasteiger partial charge in [0.25, 0.3) is 5.91 Å². The second kappa shape index (κ2) is 11.3. The van der Waals surface area contributed by atoms with Crippen molar-refractivity contribution in [2.75, 3.05) is 25.0 Å². The van der Waals surface area contributed by atoms with Gasteiger partial charge in [-0.05, 0) is 44.4 Å². The Balaban J connectivity index is 1.44. The van der Waals surface area contributed by atoms with Crippen LogP contribution in [-0.2, 0) is 20.9 Å². The van der Waals surface area contributed by atoms with Crippen LogP contribution in [0.1, 0.15) is 32.3 Å². The van der Waals surface area contributed by atoms with E-state index >= 15 is 0 Å². The van der Waals surface area contributed by atoms with Crippen molar-refractivity contribution in [2.45, 2.75) is 39.3 Å². The predicted molar refractivity (Wildman–Crippen MR) is 123 cm³/mol. The van der Waals surface area contributed by atoms with Gasteiger partial charge in [-0.3, -0.25) is 9.59 Å². The first kappa shape index (κ1) is 23.3. The average molecular weight is 438 g/mol. The molecule has 2 aromatic carbocycles. The number of rotatable bonds is 7. The summed E-state index contributed by atoms with van der Waals surface area (Å²) in [6.07, 6.45) is 1.04. The molecule has 0 saturated carbocycles. The molecular formula is C25H31N3O4. The van der Waals surface area contributed by atoms with Crippen LogP contribution in [0.5, 0.6) is 0 Å². The maximum Gasteiger partial charge on any atom is 0.321 e. The Bertz CT molecular complexity index is 894. The van der Waals surface area contributed by atoms with E-state index in [0.717, 1.165) is 11.3 Å². The van der Waals surface area contributed by atoms with Gasteiger partial charge in [0.05, 0.1) is 5.92 Å². The van der Waals surface area contributed by atoms with Gasteiger partial charge in [-0.2, -0.15) is 0 Å². The van der Waals surface area contributed by atoms with Crippen molar-refractivity contribution in [1.29, 1.82) is 0 Å². The van der Waals surface area contributed by atoms with E-state index in [1.54, 1.807) is 9.80 Å². The first-order valence-corrected chi connectivity index (χ1v) is 11.0. The largest absolute Gasteiger partial charge is 0.455 e. The minimum atomic E-state index is -0.370. The highest BCUT2D eigenvalue weighted by molar-refractivity contribution is 5.89. The number of esters is 1. The predicted octanol–water partition coefficient (Wildman–Crippen LogP) is 3.91. The lowest BCUT2D eigenvalue weighted by Gasteiger charge is -2.31. The summed E-state index contributed by atoms with van der Waals surface area (Å²) >= 11 is 0. The van der Waals surface area contributed by atoms with Gasteiger partial charge in [0.1, 0.15) is 0 Å². The smallest absolute Gasteiger partial charge is 0.321 e. The number of likely N-dealkylation sites (tertiary alicyclic amines) is 1. The number of urea groups is 1. The Morgan fingerprint density at radius 2 is 1.59 bits per heavy atom. The van der Waals surface area contributed by atoms with Crippen LogP contribution in [0.4, 0.5) is 10.5 Å². The van der Waals surface area contributed by atoms with Crippen LogP contribution in [0, 0.1) is 5.92 Å². The highest BCUT2D eigenvalue weighted by atomic mass is 16.5. The highest BCUT2D eigenvalue weighted by Crippen LogP contribution is 2.20. The summed E-state index contributed by atoms with van der Waals surface area (Å²) in [5, 5.41) is 2.86. The maximum absolute atomic E-state index is 12.7. The minimum Gasteiger partial charge on any atom is -0.455 e. The highest BCUT2D eigenvalue weighted by Gasteiger charge is 2.29. The molecule has 3 amide bonds. The topological polar surface area (TPSA) is 79.0 Å². The molecule has 0 spiro atoms. The van der Waals surface area contributed by atoms with Gasteiger partial charge in [-0.1, -0.05) is 48.5 Å². The van der Waals surface area contributed by atoms with Gasteiger partial charge in [0.15, 0.2) is 6.61 Å². The number of para-hydroxylation sites is 1. The number of ether oxygens (including phenoxy) is 1. The van der Waals surface area contributed by atoms with Gasteiger partial charge < -0.3 is 19.9 Å². The Morgan fingerprint density at radius 3 is 2.19 bits per heavy atom. The van der Waals surface area contributed by atoms with Gasteiger partial charge in [-0.25, -0.2) is 4.79 Å². The van der Waals surface area contributed by atoms with E-state index in [9.17, 15) is 14.4 Å². The average Bonchev–Trinajstić information content (AvgIpc) is 2.82. The number of hydrogen-bond acceptors (Lipinski definition) is 4. The summed E-state index contributed by atoms with van der Waals surface area (Å²) in [6, 6.07) is 18.8. The number of carbonyl (C=O) groups excluding carboxylic acids is 3. The molecule has 7 nitrogen and oxygen atoms in total. The van der Waals surface area contributed by atoms with Crippen LogP contribution >= 0.6 is 0 Å². The SMILES string of the molecule is CC(C)N(Cc1ccccc1)C(=O)COC(=O)C1CCN(C(=O)Nc2ccccc2)CC1. The molecule has 0 aromatic heterocycles. The molecule has 1 aliphatic heterocycles. The van der Waals surface area contributed by atoms with Crippen molar-refractivity contribution in [1.82, 2.24) is 9.80 Å². The van der Waals surface area contributed by atoms with Gasteiger partial charge in [-0.15, -0.1) is 0 Å². The fraction of sp³-hybridized carbons (Fsp3) is 0.400. The molecule has 7 heteroatoms. The van der Waals surface area contributed by atoms with E-state index in [0.29, 0.717) is 32.5 Å². The molecule has 0 radical (unpaired) electrons. The zero-order valence-corrected chi connectivity index (χ0v) is 18.7. The van der Waals surface area contributed by atoms with E-state index in [-0.39, 0.29) is 36.5 Å². The second-order valence-electron chi connectivity index (χ2n) is 8.27. The van der Waals surface area contributed by atoms with Crippen molar-refractivity contribution in [2.24, 2.45) is 5.92 Å². The minimum absolute atomic E-state index is 0.00669. The molecule has 1 N–H and O–H groups in total. The van der Waals surface area contributed by atoms with Crippen molar-refractivity contribution in [3.63, 3.8) is 0 Å². The van der Waals surface area contributed by atoms with Gasteiger partial charge in [0.2, 0.25) is 0 Å². The monoisotopic (exact) mass is 437 g/mol. The van der Waals surface area contributed by atoms with Crippen LogP contribution in [-0.4, -0.2) is 53.4 Å². The molecule has 1 fully saturated rings. The van der Waals surface area contributed by atoms with Crippen LogP contribution < -0.4 is 5.32 Å². The number of amides is 3. The molecule has 3 rings (SSSR count). The standard InChI is InChI=1S/C25H31N3O4/c1-19(2)28(17-20-9-5-3-6-10-20)23(29)18-32-24(30)21-13-15-27(16-14-21)25(31)26-22-11-7-4-8-12-22/h3-12,19,21H,13-18H2,1-2H3,(H,26,31). The molecule has 170 valence electrons. The summed E-state index contributed by atoms with van der Waals surface area (Å²) in [5.41, 5.74) is 1.77. The maximum atomic E-state index is 12.7. The van der Waals surface area contributed by atoms with E-state index < -0.39 is 0 Å². The fourth-order valence-electron chi connectivity index (χ4n) is 3.71. The van der Waals surface area contributed by atoms with Gasteiger partial charge in [0, 0.05) is 31.4 Å². The molecule has 0 unspecified atom stereocenters. The summed E-state index contributed by atoms with van der Waals surface area (Å²) in [7, 11) is 0. The lowest BCUT2D eigenvalue weighted by atomic mass is 9.97. The number of benzene rings is 2. The summed E-state index contributed by atoms with van der Waals surface area (Å²) in [5.74, 6) is -0.882. The molecule has 0 bridgehead atoms. The van der Waals surface area contributed by atoms with Crippen molar-refractivity contribution < 1.29 is 19.1 Å². The Labute approximate surface area is 189 Å². The third kappa shape index (κ3) is 6.57. The number of hydrogen-bond donors (Lipinski definition) is 1. The molecule has 0 atom stereocenters. The molecule has 0 aliphatic carbocycles. The van der Waals surface area contributed by atoms with E-state index in [1.807, 2.05) is 74.5 Å². The fourth-order valence-corrected chi connectivity index (χ4v) is 3.71. The normalized spacial score (nSPS) is 14.2. The Morgan fingerprint density at radius 1 is 1.00 bits per heavy atom. The number of nitrogens with one attached hydrogen (secondary N) is 1. The number of piperidine rings is 1. The van der Waals surface area contributed by atoms with Crippen LogP contribution in [0.25, 0.3) is 0 Å². The zero-order valence-electron chi connectivity index (χ0n) is 18.7. The molecule has 1 saturated heterocycles. The Hall–Kier alpha value is -3.35. The van der Waals surface area contributed by atoms with Crippen LogP contribution in [0.15, 0.2) is 60.7 Å². The molecular weight excluding hydrogens is 406 g/mol. The molecule has 32 heavy (non-hydrogen) atoms. The quantitative estimate of drug-likeness (QED) is 0.666. The van der Waals surface area contributed by atoms with Crippen molar-refractivity contribution >= 4 is 23.6 Å². The summed E-state index contributed by atoms with van der Waals surface area (Å²) < 4.78 is 5.35. The van der Waals surface area contributed by atoms with Crippen molar-refractivity contribution in [3.05, 3.63) is 66.2 Å². The summed E-state index contributed by atoms with van der Waals surface area (Å²) in [4.78, 5) is 41.0. The Kier molecular flexibility index (Phi) is 8.25. The van der Waals surface area contributed by atoms with E-state index in [4.69, 9.17) is 4.74 Å². The molecule has 1 heterocycles. The second-order valence-corrected chi connectivity index (χ2v) is 8.27. The van der Waals surface area contributed by atoms with Crippen LogP contribution in [0.2, 0.25) is 0 Å². The number of anilines is 1. The van der Waals surface area contributed by atoms with E-state index in [1.165, 1.54) is 0 Å². The number of nitrogens with zero attached hydrogens (tertiary/aromatic N) is 2.